The Morgan fingerprint density at radius 3 is 2.30 bits per heavy atom. The Hall–Kier alpha value is -4.87. The summed E-state index contributed by atoms with van der Waals surface area (Å²) in [5, 5.41) is 9.05. The molecule has 3 N–H and O–H groups in total. The summed E-state index contributed by atoms with van der Waals surface area (Å²) >= 11 is 15.6. The van der Waals surface area contributed by atoms with Crippen molar-refractivity contribution >= 4 is 86.8 Å². The number of halogens is 2. The molecule has 54 heavy (non-hydrogen) atoms. The van der Waals surface area contributed by atoms with Gasteiger partial charge in [-0.3, -0.25) is 14.4 Å². The van der Waals surface area contributed by atoms with Gasteiger partial charge in [-0.15, -0.1) is 23.1 Å². The summed E-state index contributed by atoms with van der Waals surface area (Å²) in [7, 11) is 0. The standard InChI is InChI=1S/C42H37Cl2N3O5S2/c1-3-52-42(51)36-30-21-20-25(2)22-35(30)54-41(36)47-40(50)37(26-12-6-4-7-13-26)53-29-17-10-16-28(23-29)45-39(49)34(24-31-32(43)18-11-19-33(31)44)46-38(48)27-14-8-5-9-15-27/h4-19,23-25,37H,3,20-22H2,1-2H3,(H,45,49)(H,46,48)(H,47,50)/b34-24+. The predicted octanol–water partition coefficient (Wildman–Crippen LogP) is 10.2. The van der Waals surface area contributed by atoms with Crippen molar-refractivity contribution in [3.63, 3.8) is 0 Å². The number of benzene rings is 4. The van der Waals surface area contributed by atoms with Crippen molar-refractivity contribution in [2.45, 2.75) is 43.3 Å². The second-order valence-electron chi connectivity index (χ2n) is 12.7. The van der Waals surface area contributed by atoms with Gasteiger partial charge in [0.25, 0.3) is 11.8 Å². The zero-order valence-electron chi connectivity index (χ0n) is 29.5. The molecule has 8 nitrogen and oxygen atoms in total. The highest BCUT2D eigenvalue weighted by Gasteiger charge is 2.31. The van der Waals surface area contributed by atoms with Crippen molar-refractivity contribution in [2.24, 2.45) is 5.92 Å². The SMILES string of the molecule is CCOC(=O)c1c(NC(=O)C(Sc2cccc(NC(=O)/C(=C\c3c(Cl)cccc3Cl)NC(=O)c3ccccc3)c2)c2ccccc2)sc2c1CCC(C)C2. The van der Waals surface area contributed by atoms with Crippen molar-refractivity contribution in [3.05, 3.63) is 152 Å². The number of esters is 1. The number of anilines is 2. The van der Waals surface area contributed by atoms with Crippen LogP contribution in [0.5, 0.6) is 0 Å². The number of carbonyl (C=O) groups is 4. The topological polar surface area (TPSA) is 114 Å². The fraction of sp³-hybridized carbons (Fsp3) is 0.190. The quantitative estimate of drug-likeness (QED) is 0.0658. The maximum Gasteiger partial charge on any atom is 0.341 e. The first-order chi connectivity index (χ1) is 26.1. The molecule has 1 heterocycles. The Morgan fingerprint density at radius 1 is 0.907 bits per heavy atom. The average Bonchev–Trinajstić information content (AvgIpc) is 3.52. The maximum atomic E-state index is 14.2. The lowest BCUT2D eigenvalue weighted by atomic mass is 9.88. The lowest BCUT2D eigenvalue weighted by molar-refractivity contribution is -0.116. The second-order valence-corrected chi connectivity index (χ2v) is 15.8. The molecule has 6 rings (SSSR count). The monoisotopic (exact) mass is 797 g/mol. The number of hydrogen-bond donors (Lipinski definition) is 3. The number of rotatable bonds is 12. The highest BCUT2D eigenvalue weighted by Crippen LogP contribution is 2.42. The fourth-order valence-electron chi connectivity index (χ4n) is 6.05. The molecular formula is C42H37Cl2N3O5S2. The van der Waals surface area contributed by atoms with Gasteiger partial charge in [0.05, 0.1) is 12.2 Å². The normalized spacial score (nSPS) is 14.4. The zero-order chi connectivity index (χ0) is 38.2. The van der Waals surface area contributed by atoms with Crippen molar-refractivity contribution in [1.82, 2.24) is 5.32 Å². The van der Waals surface area contributed by atoms with E-state index < -0.39 is 23.0 Å². The number of ether oxygens (including phenoxy) is 1. The average molecular weight is 799 g/mol. The Kier molecular flexibility index (Phi) is 12.9. The third-order valence-electron chi connectivity index (χ3n) is 8.73. The maximum absolute atomic E-state index is 14.2. The van der Waals surface area contributed by atoms with E-state index in [0.29, 0.717) is 48.2 Å². The van der Waals surface area contributed by atoms with Gasteiger partial charge in [-0.05, 0) is 91.8 Å². The Labute approximate surface area is 332 Å². The number of nitrogens with one attached hydrogen (secondary N) is 3. The van der Waals surface area contributed by atoms with Crippen LogP contribution in [0.4, 0.5) is 10.7 Å². The number of thioether (sulfide) groups is 1. The van der Waals surface area contributed by atoms with E-state index in [2.05, 4.69) is 22.9 Å². The first-order valence-corrected chi connectivity index (χ1v) is 19.8. The summed E-state index contributed by atoms with van der Waals surface area (Å²) in [6.45, 7) is 4.19. The van der Waals surface area contributed by atoms with Crippen LogP contribution in [0.1, 0.15) is 67.8 Å². The molecule has 4 aromatic carbocycles. The minimum Gasteiger partial charge on any atom is -0.462 e. The smallest absolute Gasteiger partial charge is 0.341 e. The lowest BCUT2D eigenvalue weighted by Gasteiger charge is -2.19. The largest absolute Gasteiger partial charge is 0.462 e. The third kappa shape index (κ3) is 9.43. The number of hydrogen-bond acceptors (Lipinski definition) is 7. The molecule has 1 aliphatic rings. The van der Waals surface area contributed by atoms with Gasteiger partial charge in [0.2, 0.25) is 5.91 Å². The highest BCUT2D eigenvalue weighted by molar-refractivity contribution is 8.00. The van der Waals surface area contributed by atoms with Crippen LogP contribution < -0.4 is 16.0 Å². The molecule has 1 aliphatic carbocycles. The molecule has 5 aromatic rings. The molecule has 0 fully saturated rings. The molecule has 0 radical (unpaired) electrons. The summed E-state index contributed by atoms with van der Waals surface area (Å²) in [6, 6.07) is 29.9. The summed E-state index contributed by atoms with van der Waals surface area (Å²) in [4.78, 5) is 56.2. The predicted molar refractivity (Wildman–Crippen MR) is 219 cm³/mol. The molecule has 276 valence electrons. The minimum absolute atomic E-state index is 0.0797. The van der Waals surface area contributed by atoms with Crippen LogP contribution >= 0.6 is 46.3 Å². The van der Waals surface area contributed by atoms with E-state index in [-0.39, 0.29) is 18.2 Å². The van der Waals surface area contributed by atoms with Crippen LogP contribution in [-0.2, 0) is 27.2 Å². The van der Waals surface area contributed by atoms with Crippen molar-refractivity contribution in [1.29, 1.82) is 0 Å². The molecule has 0 spiro atoms. The third-order valence-corrected chi connectivity index (χ3v) is 11.8. The van der Waals surface area contributed by atoms with Gasteiger partial charge < -0.3 is 20.7 Å². The van der Waals surface area contributed by atoms with Crippen molar-refractivity contribution in [2.75, 3.05) is 17.2 Å². The number of carbonyl (C=O) groups excluding carboxylic acids is 4. The molecule has 0 aliphatic heterocycles. The number of thiophene rings is 1. The lowest BCUT2D eigenvalue weighted by Crippen LogP contribution is -2.30. The summed E-state index contributed by atoms with van der Waals surface area (Å²) in [6.07, 6.45) is 3.99. The Bertz CT molecular complexity index is 2190. The molecular weight excluding hydrogens is 762 g/mol. The summed E-state index contributed by atoms with van der Waals surface area (Å²) in [5.41, 5.74) is 3.23. The molecule has 3 amide bonds. The molecule has 0 saturated carbocycles. The van der Waals surface area contributed by atoms with E-state index in [9.17, 15) is 19.2 Å². The van der Waals surface area contributed by atoms with Gasteiger partial charge in [0.1, 0.15) is 15.9 Å². The first kappa shape index (κ1) is 38.8. The fourth-order valence-corrected chi connectivity index (χ4v) is 9.05. The highest BCUT2D eigenvalue weighted by atomic mass is 35.5. The van der Waals surface area contributed by atoms with Gasteiger partial charge >= 0.3 is 5.97 Å². The van der Waals surface area contributed by atoms with Crippen molar-refractivity contribution < 1.29 is 23.9 Å². The van der Waals surface area contributed by atoms with E-state index in [1.165, 1.54) is 29.2 Å². The van der Waals surface area contributed by atoms with Crippen molar-refractivity contribution in [3.8, 4) is 0 Å². The molecule has 0 bridgehead atoms. The van der Waals surface area contributed by atoms with E-state index in [1.807, 2.05) is 36.4 Å². The first-order valence-electron chi connectivity index (χ1n) is 17.4. The van der Waals surface area contributed by atoms with Gasteiger partial charge in [-0.25, -0.2) is 4.79 Å². The molecule has 2 unspecified atom stereocenters. The summed E-state index contributed by atoms with van der Waals surface area (Å²) in [5.74, 6) is -1.36. The summed E-state index contributed by atoms with van der Waals surface area (Å²) < 4.78 is 5.43. The second kappa shape index (κ2) is 18.0. The van der Waals surface area contributed by atoms with Gasteiger partial charge in [0, 0.05) is 36.6 Å². The van der Waals surface area contributed by atoms with E-state index in [0.717, 1.165) is 35.3 Å². The van der Waals surface area contributed by atoms with Gasteiger partial charge in [-0.2, -0.15) is 0 Å². The zero-order valence-corrected chi connectivity index (χ0v) is 32.6. The van der Waals surface area contributed by atoms with Gasteiger partial charge in [-0.1, -0.05) is 90.8 Å². The molecule has 2 atom stereocenters. The minimum atomic E-state index is -0.715. The van der Waals surface area contributed by atoms with Crippen LogP contribution in [0.15, 0.2) is 114 Å². The van der Waals surface area contributed by atoms with Gasteiger partial charge in [0.15, 0.2) is 0 Å². The molecule has 1 aromatic heterocycles. The van der Waals surface area contributed by atoms with Crippen LogP contribution in [-0.4, -0.2) is 30.3 Å². The van der Waals surface area contributed by atoms with E-state index >= 15 is 0 Å². The molecule has 12 heteroatoms. The number of amides is 3. The number of fused-ring (bicyclic) bond motifs is 1. The van der Waals surface area contributed by atoms with Crippen LogP contribution in [0.2, 0.25) is 10.0 Å². The molecule has 0 saturated heterocycles. The Balaban J connectivity index is 1.27. The van der Waals surface area contributed by atoms with E-state index in [1.54, 1.807) is 73.7 Å². The van der Waals surface area contributed by atoms with Crippen LogP contribution in [0.25, 0.3) is 6.08 Å². The van der Waals surface area contributed by atoms with Crippen LogP contribution in [0.3, 0.4) is 0 Å². The van der Waals surface area contributed by atoms with E-state index in [4.69, 9.17) is 27.9 Å². The van der Waals surface area contributed by atoms with Crippen LogP contribution in [0, 0.1) is 5.92 Å². The Morgan fingerprint density at radius 2 is 1.59 bits per heavy atom.